The van der Waals surface area contributed by atoms with Gasteiger partial charge in [0, 0.05) is 43.7 Å². The molecule has 2 aromatic rings. The average Bonchev–Trinajstić information content (AvgIpc) is 3.18. The van der Waals surface area contributed by atoms with Gasteiger partial charge in [-0.15, -0.1) is 11.3 Å². The van der Waals surface area contributed by atoms with E-state index < -0.39 is 0 Å². The Morgan fingerprint density at radius 1 is 1.15 bits per heavy atom. The molecule has 2 saturated heterocycles. The van der Waals surface area contributed by atoms with Crippen LogP contribution in [-0.2, 0) is 17.8 Å². The van der Waals surface area contributed by atoms with Crippen LogP contribution in [0.1, 0.15) is 48.3 Å². The lowest BCUT2D eigenvalue weighted by atomic mass is 9.89. The van der Waals surface area contributed by atoms with Crippen LogP contribution in [0, 0.1) is 0 Å². The molecule has 8 heteroatoms. The molecule has 140 valence electrons. The summed E-state index contributed by atoms with van der Waals surface area (Å²) in [6, 6.07) is 0. The summed E-state index contributed by atoms with van der Waals surface area (Å²) < 4.78 is 11.7. The zero-order valence-corrected chi connectivity index (χ0v) is 15.8. The van der Waals surface area contributed by atoms with Gasteiger partial charge in [0.15, 0.2) is 5.82 Å². The van der Waals surface area contributed by atoms with Gasteiger partial charge in [-0.3, -0.25) is 9.80 Å². The van der Waals surface area contributed by atoms with Gasteiger partial charge < -0.3 is 9.26 Å². The first-order chi connectivity index (χ1) is 12.8. The molecule has 1 spiro atoms. The third kappa shape index (κ3) is 3.69. The van der Waals surface area contributed by atoms with Crippen molar-refractivity contribution in [2.24, 2.45) is 0 Å². The Morgan fingerprint density at radius 3 is 2.81 bits per heavy atom. The summed E-state index contributed by atoms with van der Waals surface area (Å²) in [6.07, 6.45) is 6.45. The molecule has 3 aliphatic rings. The second-order valence-corrected chi connectivity index (χ2v) is 8.74. The van der Waals surface area contributed by atoms with Gasteiger partial charge in [0.05, 0.1) is 25.3 Å². The predicted octanol–water partition coefficient (Wildman–Crippen LogP) is 2.27. The number of morpholine rings is 1. The molecule has 0 N–H and O–H groups in total. The Hall–Kier alpha value is -1.35. The van der Waals surface area contributed by atoms with Crippen LogP contribution in [0.4, 0.5) is 0 Å². The first kappa shape index (κ1) is 16.8. The number of piperidine rings is 1. The lowest BCUT2D eigenvalue weighted by molar-refractivity contribution is -0.139. The molecule has 0 amide bonds. The normalized spacial score (nSPS) is 24.3. The monoisotopic (exact) mass is 375 g/mol. The molecule has 3 fully saturated rings. The fourth-order valence-corrected chi connectivity index (χ4v) is 4.69. The standard InChI is InChI=1S/C18H25N5O2S/c1-2-14(1)17-20-15(25-21-17)11-23-8-9-24-18(13-23)3-6-22(7-4-18)12-16-19-5-10-26-16/h5,10,14H,1-4,6-9,11-13H2. The first-order valence-corrected chi connectivity index (χ1v) is 10.5. The van der Waals surface area contributed by atoms with E-state index in [4.69, 9.17) is 9.26 Å². The second-order valence-electron chi connectivity index (χ2n) is 7.76. The van der Waals surface area contributed by atoms with E-state index in [1.807, 2.05) is 6.20 Å². The maximum absolute atomic E-state index is 6.26. The summed E-state index contributed by atoms with van der Waals surface area (Å²) >= 11 is 1.74. The fraction of sp³-hybridized carbons (Fsp3) is 0.722. The van der Waals surface area contributed by atoms with Gasteiger partial charge in [-0.05, 0) is 25.7 Å². The Labute approximate surface area is 157 Å². The minimum absolute atomic E-state index is 0.0169. The van der Waals surface area contributed by atoms with Gasteiger partial charge in [0.2, 0.25) is 5.89 Å². The molecule has 5 rings (SSSR count). The molecule has 0 aromatic carbocycles. The lowest BCUT2D eigenvalue weighted by Crippen LogP contribution is -2.56. The van der Waals surface area contributed by atoms with E-state index >= 15 is 0 Å². The Balaban J connectivity index is 1.16. The second kappa shape index (κ2) is 6.99. The van der Waals surface area contributed by atoms with Crippen LogP contribution in [0.5, 0.6) is 0 Å². The molecule has 0 atom stereocenters. The van der Waals surface area contributed by atoms with Crippen molar-refractivity contribution in [3.63, 3.8) is 0 Å². The zero-order chi connectivity index (χ0) is 17.4. The third-order valence-electron chi connectivity index (χ3n) is 5.72. The van der Waals surface area contributed by atoms with Crippen molar-refractivity contribution < 1.29 is 9.26 Å². The number of thiazole rings is 1. The van der Waals surface area contributed by atoms with Gasteiger partial charge in [-0.25, -0.2) is 4.98 Å². The van der Waals surface area contributed by atoms with E-state index in [0.717, 1.165) is 70.4 Å². The quantitative estimate of drug-likeness (QED) is 0.794. The van der Waals surface area contributed by atoms with E-state index in [1.165, 1.54) is 17.8 Å². The van der Waals surface area contributed by atoms with Crippen LogP contribution in [0.25, 0.3) is 0 Å². The smallest absolute Gasteiger partial charge is 0.240 e. The number of aromatic nitrogens is 3. The van der Waals surface area contributed by atoms with Crippen molar-refractivity contribution in [1.82, 2.24) is 24.9 Å². The molecule has 0 bridgehead atoms. The van der Waals surface area contributed by atoms with Gasteiger partial charge in [0.1, 0.15) is 5.01 Å². The van der Waals surface area contributed by atoms with Crippen LogP contribution in [-0.4, -0.2) is 63.3 Å². The highest BCUT2D eigenvalue weighted by Crippen LogP contribution is 2.38. The Bertz CT molecular complexity index is 722. The van der Waals surface area contributed by atoms with E-state index in [2.05, 4.69) is 30.3 Å². The van der Waals surface area contributed by atoms with E-state index in [-0.39, 0.29) is 5.60 Å². The van der Waals surface area contributed by atoms with Crippen LogP contribution in [0.15, 0.2) is 16.1 Å². The highest BCUT2D eigenvalue weighted by molar-refractivity contribution is 7.09. The Morgan fingerprint density at radius 2 is 2.04 bits per heavy atom. The van der Waals surface area contributed by atoms with Crippen LogP contribution in [0.3, 0.4) is 0 Å². The van der Waals surface area contributed by atoms with Gasteiger partial charge in [0.25, 0.3) is 0 Å². The predicted molar refractivity (Wildman–Crippen MR) is 96.9 cm³/mol. The fourth-order valence-electron chi connectivity index (χ4n) is 4.03. The van der Waals surface area contributed by atoms with Crippen molar-refractivity contribution in [2.45, 2.75) is 50.3 Å². The largest absolute Gasteiger partial charge is 0.372 e. The van der Waals surface area contributed by atoms with Crippen molar-refractivity contribution >= 4 is 11.3 Å². The van der Waals surface area contributed by atoms with Crippen molar-refractivity contribution in [3.05, 3.63) is 28.3 Å². The molecule has 2 aromatic heterocycles. The number of rotatable bonds is 5. The number of hydrogen-bond acceptors (Lipinski definition) is 8. The topological polar surface area (TPSA) is 67.5 Å². The summed E-state index contributed by atoms with van der Waals surface area (Å²) in [6.45, 7) is 6.53. The van der Waals surface area contributed by atoms with E-state index in [9.17, 15) is 0 Å². The van der Waals surface area contributed by atoms with Crippen LogP contribution < -0.4 is 0 Å². The van der Waals surface area contributed by atoms with Crippen LogP contribution in [0.2, 0.25) is 0 Å². The maximum Gasteiger partial charge on any atom is 0.240 e. The summed E-state index contributed by atoms with van der Waals surface area (Å²) in [5.74, 6) is 2.20. The van der Waals surface area contributed by atoms with Crippen molar-refractivity contribution in [1.29, 1.82) is 0 Å². The highest BCUT2D eigenvalue weighted by atomic mass is 32.1. The zero-order valence-electron chi connectivity index (χ0n) is 15.0. The SMILES string of the molecule is c1csc(CN2CCC3(CC2)CN(Cc2nc(C4CC4)no2)CCO3)n1. The number of likely N-dealkylation sites (tertiary alicyclic amines) is 1. The summed E-state index contributed by atoms with van der Waals surface area (Å²) in [4.78, 5) is 13.9. The maximum atomic E-state index is 6.26. The van der Waals surface area contributed by atoms with Gasteiger partial charge >= 0.3 is 0 Å². The van der Waals surface area contributed by atoms with Crippen molar-refractivity contribution in [2.75, 3.05) is 32.8 Å². The molecular weight excluding hydrogens is 350 g/mol. The minimum atomic E-state index is -0.0169. The average molecular weight is 375 g/mol. The van der Waals surface area contributed by atoms with E-state index in [0.29, 0.717) is 5.92 Å². The molecule has 4 heterocycles. The summed E-state index contributed by atoms with van der Waals surface area (Å²) in [5.41, 5.74) is -0.0169. The van der Waals surface area contributed by atoms with E-state index in [1.54, 1.807) is 11.3 Å². The highest BCUT2D eigenvalue weighted by Gasteiger charge is 2.40. The van der Waals surface area contributed by atoms with Gasteiger partial charge in [-0.1, -0.05) is 5.16 Å². The molecule has 1 aliphatic carbocycles. The Kier molecular flexibility index (Phi) is 4.52. The van der Waals surface area contributed by atoms with Crippen LogP contribution >= 0.6 is 11.3 Å². The lowest BCUT2D eigenvalue weighted by Gasteiger charge is -2.47. The number of nitrogens with zero attached hydrogens (tertiary/aromatic N) is 5. The molecule has 26 heavy (non-hydrogen) atoms. The third-order valence-corrected chi connectivity index (χ3v) is 6.49. The first-order valence-electron chi connectivity index (χ1n) is 9.58. The van der Waals surface area contributed by atoms with Crippen molar-refractivity contribution in [3.8, 4) is 0 Å². The van der Waals surface area contributed by atoms with Gasteiger partial charge in [-0.2, -0.15) is 4.98 Å². The summed E-state index contributed by atoms with van der Waals surface area (Å²) in [7, 11) is 0. The molecule has 1 saturated carbocycles. The molecule has 0 unspecified atom stereocenters. The minimum Gasteiger partial charge on any atom is -0.372 e. The molecule has 2 aliphatic heterocycles. The molecule has 0 radical (unpaired) electrons. The summed E-state index contributed by atoms with van der Waals surface area (Å²) in [5, 5.41) is 7.39. The number of ether oxygens (including phenoxy) is 1. The molecule has 7 nitrogen and oxygen atoms in total. The number of hydrogen-bond donors (Lipinski definition) is 0. The molecular formula is C18H25N5O2S.